The second kappa shape index (κ2) is 11.5. The van der Waals surface area contributed by atoms with Crippen LogP contribution in [0.5, 0.6) is 11.5 Å². The topological polar surface area (TPSA) is 54.3 Å². The molecule has 0 amide bonds. The van der Waals surface area contributed by atoms with E-state index in [1.165, 1.54) is 5.56 Å². The Labute approximate surface area is 175 Å². The van der Waals surface area contributed by atoms with Crippen molar-refractivity contribution >= 4 is 0 Å². The Morgan fingerprint density at radius 1 is 0.966 bits per heavy atom. The van der Waals surface area contributed by atoms with Gasteiger partial charge in [-0.2, -0.15) is 5.26 Å². The van der Waals surface area contributed by atoms with Crippen LogP contribution in [-0.4, -0.2) is 27.3 Å². The number of hydrogen-bond donors (Lipinski definition) is 1. The predicted octanol–water partition coefficient (Wildman–Crippen LogP) is 5.12. The second-order valence-electron chi connectivity index (χ2n) is 7.78. The third kappa shape index (κ3) is 6.24. The largest absolute Gasteiger partial charge is 0.497 e. The minimum Gasteiger partial charge on any atom is -0.497 e. The van der Waals surface area contributed by atoms with Gasteiger partial charge in [0.2, 0.25) is 0 Å². The summed E-state index contributed by atoms with van der Waals surface area (Å²) in [6.45, 7) is 6.14. The molecule has 0 fully saturated rings. The highest BCUT2D eigenvalue weighted by molar-refractivity contribution is 5.39. The van der Waals surface area contributed by atoms with Crippen molar-refractivity contribution in [2.24, 2.45) is 5.92 Å². The number of methoxy groups -OCH3 is 2. The summed E-state index contributed by atoms with van der Waals surface area (Å²) < 4.78 is 10.6. The predicted molar refractivity (Wildman–Crippen MR) is 119 cm³/mol. The lowest BCUT2D eigenvalue weighted by Crippen LogP contribution is -2.32. The van der Waals surface area contributed by atoms with Crippen molar-refractivity contribution in [2.45, 2.75) is 44.9 Å². The van der Waals surface area contributed by atoms with Gasteiger partial charge in [-0.05, 0) is 80.1 Å². The SMILES string of the molecule is COc1cccc(CCCNCCCC(C#N)(c2cccc(OC)c2)C(C)C)c1. The molecule has 1 unspecified atom stereocenters. The number of ether oxygens (including phenoxy) is 2. The first-order valence-corrected chi connectivity index (χ1v) is 10.4. The lowest BCUT2D eigenvalue weighted by atomic mass is 9.70. The Morgan fingerprint density at radius 3 is 2.28 bits per heavy atom. The zero-order valence-corrected chi connectivity index (χ0v) is 18.2. The molecule has 0 saturated carbocycles. The Hall–Kier alpha value is -2.51. The molecular weight excluding hydrogens is 360 g/mol. The van der Waals surface area contributed by atoms with E-state index in [0.717, 1.165) is 55.8 Å². The highest BCUT2D eigenvalue weighted by Gasteiger charge is 2.35. The van der Waals surface area contributed by atoms with E-state index in [4.69, 9.17) is 9.47 Å². The molecule has 4 nitrogen and oxygen atoms in total. The molecule has 0 aliphatic heterocycles. The molecular formula is C25H34N2O2. The first kappa shape index (κ1) is 22.8. The third-order valence-corrected chi connectivity index (χ3v) is 5.65. The van der Waals surface area contributed by atoms with Crippen molar-refractivity contribution in [3.05, 3.63) is 59.7 Å². The van der Waals surface area contributed by atoms with E-state index >= 15 is 0 Å². The van der Waals surface area contributed by atoms with E-state index < -0.39 is 5.41 Å². The number of nitrogens with one attached hydrogen (secondary N) is 1. The summed E-state index contributed by atoms with van der Waals surface area (Å²) in [5.41, 5.74) is 1.86. The minimum atomic E-state index is -0.489. The second-order valence-corrected chi connectivity index (χ2v) is 7.78. The first-order valence-electron chi connectivity index (χ1n) is 10.4. The van der Waals surface area contributed by atoms with E-state index in [2.05, 4.69) is 37.4 Å². The maximum atomic E-state index is 10.1. The first-order chi connectivity index (χ1) is 14.1. The molecule has 1 N–H and O–H groups in total. The lowest BCUT2D eigenvalue weighted by Gasteiger charge is -2.31. The van der Waals surface area contributed by atoms with Gasteiger partial charge < -0.3 is 14.8 Å². The molecule has 29 heavy (non-hydrogen) atoms. The summed E-state index contributed by atoms with van der Waals surface area (Å²) in [7, 11) is 3.36. The van der Waals surface area contributed by atoms with Gasteiger partial charge in [-0.1, -0.05) is 38.1 Å². The molecule has 1 atom stereocenters. The summed E-state index contributed by atoms with van der Waals surface area (Å²) in [6, 6.07) is 18.8. The molecule has 0 aliphatic carbocycles. The van der Waals surface area contributed by atoms with Gasteiger partial charge in [0.1, 0.15) is 11.5 Å². The summed E-state index contributed by atoms with van der Waals surface area (Å²) in [4.78, 5) is 0. The third-order valence-electron chi connectivity index (χ3n) is 5.65. The quantitative estimate of drug-likeness (QED) is 0.508. The number of benzene rings is 2. The lowest BCUT2D eigenvalue weighted by molar-refractivity contribution is 0.353. The van der Waals surface area contributed by atoms with Crippen LogP contribution in [0.25, 0.3) is 0 Å². The van der Waals surface area contributed by atoms with Crippen molar-refractivity contribution in [3.63, 3.8) is 0 Å². The number of rotatable bonds is 12. The van der Waals surface area contributed by atoms with Crippen LogP contribution in [-0.2, 0) is 11.8 Å². The normalized spacial score (nSPS) is 13.0. The molecule has 4 heteroatoms. The van der Waals surface area contributed by atoms with Crippen LogP contribution in [0.1, 0.15) is 44.2 Å². The summed E-state index contributed by atoms with van der Waals surface area (Å²) >= 11 is 0. The molecule has 0 saturated heterocycles. The summed E-state index contributed by atoms with van der Waals surface area (Å²) in [5, 5.41) is 13.6. The Morgan fingerprint density at radius 2 is 1.62 bits per heavy atom. The van der Waals surface area contributed by atoms with E-state index in [0.29, 0.717) is 0 Å². The molecule has 0 heterocycles. The minimum absolute atomic E-state index is 0.229. The van der Waals surface area contributed by atoms with Crippen molar-refractivity contribution < 1.29 is 9.47 Å². The number of nitriles is 1. The maximum Gasteiger partial charge on any atom is 0.119 e. The fraction of sp³-hybridized carbons (Fsp3) is 0.480. The van der Waals surface area contributed by atoms with Crippen LogP contribution in [0.15, 0.2) is 48.5 Å². The zero-order valence-electron chi connectivity index (χ0n) is 18.2. The fourth-order valence-electron chi connectivity index (χ4n) is 3.78. The average Bonchev–Trinajstić information content (AvgIpc) is 2.76. The molecule has 2 rings (SSSR count). The Balaban J connectivity index is 1.82. The van der Waals surface area contributed by atoms with Gasteiger partial charge in [0.05, 0.1) is 25.7 Å². The molecule has 156 valence electrons. The van der Waals surface area contributed by atoms with Crippen molar-refractivity contribution in [3.8, 4) is 17.6 Å². The van der Waals surface area contributed by atoms with E-state index in [-0.39, 0.29) is 5.92 Å². The van der Waals surface area contributed by atoms with Crippen LogP contribution >= 0.6 is 0 Å². The van der Waals surface area contributed by atoms with Gasteiger partial charge in [0.25, 0.3) is 0 Å². The summed E-state index contributed by atoms with van der Waals surface area (Å²) in [5.74, 6) is 1.95. The van der Waals surface area contributed by atoms with E-state index in [1.54, 1.807) is 14.2 Å². The van der Waals surface area contributed by atoms with Crippen molar-refractivity contribution in [2.75, 3.05) is 27.3 Å². The highest BCUT2D eigenvalue weighted by atomic mass is 16.5. The molecule has 0 aliphatic rings. The van der Waals surface area contributed by atoms with Gasteiger partial charge in [0, 0.05) is 0 Å². The monoisotopic (exact) mass is 394 g/mol. The fourth-order valence-corrected chi connectivity index (χ4v) is 3.78. The zero-order chi connectivity index (χ0) is 21.1. The van der Waals surface area contributed by atoms with Crippen LogP contribution in [0, 0.1) is 17.2 Å². The Kier molecular flexibility index (Phi) is 9.02. The smallest absolute Gasteiger partial charge is 0.119 e. The van der Waals surface area contributed by atoms with Gasteiger partial charge in [-0.3, -0.25) is 0 Å². The van der Waals surface area contributed by atoms with Crippen LogP contribution in [0.4, 0.5) is 0 Å². The Bertz CT molecular complexity index is 797. The summed E-state index contributed by atoms with van der Waals surface area (Å²) in [6.07, 6.45) is 3.90. The number of nitrogens with zero attached hydrogens (tertiary/aromatic N) is 1. The van der Waals surface area contributed by atoms with Gasteiger partial charge >= 0.3 is 0 Å². The molecule has 0 bridgehead atoms. The van der Waals surface area contributed by atoms with E-state index in [9.17, 15) is 5.26 Å². The van der Waals surface area contributed by atoms with Crippen LogP contribution in [0.3, 0.4) is 0 Å². The average molecular weight is 395 g/mol. The van der Waals surface area contributed by atoms with Gasteiger partial charge in [-0.15, -0.1) is 0 Å². The number of hydrogen-bond acceptors (Lipinski definition) is 4. The molecule has 0 radical (unpaired) electrons. The van der Waals surface area contributed by atoms with Gasteiger partial charge in [0.15, 0.2) is 0 Å². The molecule has 2 aromatic carbocycles. The maximum absolute atomic E-state index is 10.1. The molecule has 0 aromatic heterocycles. The van der Waals surface area contributed by atoms with Crippen LogP contribution in [0.2, 0.25) is 0 Å². The van der Waals surface area contributed by atoms with Crippen molar-refractivity contribution in [1.29, 1.82) is 5.26 Å². The van der Waals surface area contributed by atoms with Crippen LogP contribution < -0.4 is 14.8 Å². The number of aryl methyl sites for hydroxylation is 1. The standard InChI is InChI=1S/C25H34N2O2/c1-20(2)25(19-26,22-11-6-13-24(18-22)29-4)14-8-16-27-15-7-10-21-9-5-12-23(17-21)28-3/h5-6,9,11-13,17-18,20,27H,7-8,10,14-16H2,1-4H3. The van der Waals surface area contributed by atoms with Gasteiger partial charge in [-0.25, -0.2) is 0 Å². The van der Waals surface area contributed by atoms with E-state index in [1.807, 2.05) is 36.4 Å². The van der Waals surface area contributed by atoms with Crippen molar-refractivity contribution in [1.82, 2.24) is 5.32 Å². The highest BCUT2D eigenvalue weighted by Crippen LogP contribution is 2.37. The molecule has 2 aromatic rings. The molecule has 0 spiro atoms.